The predicted molar refractivity (Wildman–Crippen MR) is 112 cm³/mol. The summed E-state index contributed by atoms with van der Waals surface area (Å²) in [6.45, 7) is 11.3. The van der Waals surface area contributed by atoms with Crippen molar-refractivity contribution in [2.24, 2.45) is 0 Å². The number of carbonyl (C=O) groups excluding carboxylic acids is 1. The predicted octanol–water partition coefficient (Wildman–Crippen LogP) is 4.36. The van der Waals surface area contributed by atoms with Gasteiger partial charge in [-0.15, -0.1) is 29.5 Å². The zero-order valence-electron chi connectivity index (χ0n) is 15.6. The van der Waals surface area contributed by atoms with Crippen molar-refractivity contribution < 1.29 is 14.7 Å². The van der Waals surface area contributed by atoms with Crippen LogP contribution < -0.4 is 5.32 Å². The molecule has 2 atom stereocenters. The Balaban J connectivity index is 2.85. The number of thiazole rings is 1. The summed E-state index contributed by atoms with van der Waals surface area (Å²) in [5, 5.41) is 14.1. The first kappa shape index (κ1) is 22.9. The van der Waals surface area contributed by atoms with Crippen LogP contribution in [0.5, 0.6) is 0 Å². The van der Waals surface area contributed by atoms with Crippen molar-refractivity contribution in [2.45, 2.75) is 44.5 Å². The number of aromatic nitrogens is 1. The number of carboxylic acids is 1. The summed E-state index contributed by atoms with van der Waals surface area (Å²) in [6.07, 6.45) is 8.30. The Bertz CT molecular complexity index is 752. The van der Waals surface area contributed by atoms with Crippen LogP contribution >= 0.6 is 22.9 Å². The van der Waals surface area contributed by atoms with Crippen molar-refractivity contribution in [3.05, 3.63) is 59.1 Å². The number of hydrogen-bond donors (Lipinski definition) is 2. The normalized spacial score (nSPS) is 14.0. The minimum absolute atomic E-state index is 0.0771. The van der Waals surface area contributed by atoms with Gasteiger partial charge >= 0.3 is 5.97 Å². The van der Waals surface area contributed by atoms with Crippen LogP contribution in [0, 0.1) is 0 Å². The van der Waals surface area contributed by atoms with Crippen molar-refractivity contribution in [1.82, 2.24) is 10.3 Å². The van der Waals surface area contributed by atoms with E-state index >= 15 is 0 Å². The van der Waals surface area contributed by atoms with Crippen LogP contribution in [0.3, 0.4) is 0 Å². The van der Waals surface area contributed by atoms with Crippen LogP contribution in [0.4, 0.5) is 0 Å². The van der Waals surface area contributed by atoms with Crippen molar-refractivity contribution in [1.29, 1.82) is 0 Å². The van der Waals surface area contributed by atoms with Crippen molar-refractivity contribution in [3.63, 3.8) is 0 Å². The minimum Gasteiger partial charge on any atom is -0.480 e. The second-order valence-electron chi connectivity index (χ2n) is 5.78. The second kappa shape index (κ2) is 11.5. The van der Waals surface area contributed by atoms with E-state index in [0.717, 1.165) is 6.42 Å². The molecule has 0 saturated heterocycles. The van der Waals surface area contributed by atoms with Gasteiger partial charge in [0.05, 0.1) is 11.1 Å². The third-order valence-electron chi connectivity index (χ3n) is 3.70. The number of amides is 1. The number of alkyl halides is 1. The fraction of sp³-hybridized carbons (Fsp3) is 0.350. The molecule has 2 N–H and O–H groups in total. The van der Waals surface area contributed by atoms with E-state index in [4.69, 9.17) is 11.6 Å². The van der Waals surface area contributed by atoms with E-state index in [2.05, 4.69) is 23.5 Å². The van der Waals surface area contributed by atoms with Gasteiger partial charge in [-0.25, -0.2) is 9.78 Å². The average Bonchev–Trinajstić information content (AvgIpc) is 3.09. The highest BCUT2D eigenvalue weighted by Gasteiger charge is 2.23. The van der Waals surface area contributed by atoms with Crippen molar-refractivity contribution in [2.75, 3.05) is 0 Å². The van der Waals surface area contributed by atoms with E-state index in [1.54, 1.807) is 30.5 Å². The molecule has 0 aliphatic rings. The molecule has 1 aromatic heterocycles. The summed E-state index contributed by atoms with van der Waals surface area (Å²) in [4.78, 5) is 28.3. The third-order valence-corrected chi connectivity index (χ3v) is 5.11. The number of allylic oxidation sites excluding steroid dienone is 4. The Morgan fingerprint density at radius 3 is 2.74 bits per heavy atom. The molecule has 0 spiro atoms. The highest BCUT2D eigenvalue weighted by atomic mass is 35.5. The van der Waals surface area contributed by atoms with Gasteiger partial charge in [0, 0.05) is 17.4 Å². The van der Waals surface area contributed by atoms with Gasteiger partial charge in [-0.2, -0.15) is 0 Å². The monoisotopic (exact) mass is 408 g/mol. The molecule has 1 rings (SSSR count). The highest BCUT2D eigenvalue weighted by molar-refractivity contribution is 7.10. The molecule has 1 heterocycles. The Hall–Kier alpha value is -2.18. The molecular formula is C20H25ClN2O3S. The number of hydrogen-bond acceptors (Lipinski definition) is 4. The van der Waals surface area contributed by atoms with Gasteiger partial charge in [-0.3, -0.25) is 4.79 Å². The van der Waals surface area contributed by atoms with Crippen molar-refractivity contribution >= 4 is 40.4 Å². The lowest BCUT2D eigenvalue weighted by atomic mass is 10.1. The number of nitrogens with zero attached hydrogens (tertiary/aromatic N) is 1. The van der Waals surface area contributed by atoms with E-state index in [1.807, 2.05) is 13.0 Å². The number of aliphatic carboxylic acids is 1. The molecule has 0 fully saturated rings. The quantitative estimate of drug-likeness (QED) is 0.247. The zero-order valence-corrected chi connectivity index (χ0v) is 17.1. The van der Waals surface area contributed by atoms with Crippen LogP contribution in [-0.4, -0.2) is 33.4 Å². The molecule has 2 unspecified atom stereocenters. The van der Waals surface area contributed by atoms with Crippen LogP contribution in [0.1, 0.15) is 37.4 Å². The summed E-state index contributed by atoms with van der Waals surface area (Å²) in [7, 11) is 0. The second-order valence-corrected chi connectivity index (χ2v) is 7.17. The van der Waals surface area contributed by atoms with E-state index < -0.39 is 17.9 Å². The molecule has 5 nitrogen and oxygen atoms in total. The van der Waals surface area contributed by atoms with E-state index in [1.165, 1.54) is 11.3 Å². The molecule has 27 heavy (non-hydrogen) atoms. The SMILES string of the molecule is C=CCC(Cl)C(=C)c1nc(CC(NC(=O)C(/C=C\CC)=C/C)C(=O)O)cs1. The molecule has 0 saturated carbocycles. The van der Waals surface area contributed by atoms with Gasteiger partial charge in [0.1, 0.15) is 11.0 Å². The number of nitrogens with one attached hydrogen (secondary N) is 1. The summed E-state index contributed by atoms with van der Waals surface area (Å²) >= 11 is 7.57. The highest BCUT2D eigenvalue weighted by Crippen LogP contribution is 2.26. The lowest BCUT2D eigenvalue weighted by Crippen LogP contribution is -2.42. The topological polar surface area (TPSA) is 79.3 Å². The molecule has 1 amide bonds. The maximum Gasteiger partial charge on any atom is 0.326 e. The van der Waals surface area contributed by atoms with Crippen molar-refractivity contribution in [3.8, 4) is 0 Å². The molecular weight excluding hydrogens is 384 g/mol. The summed E-state index contributed by atoms with van der Waals surface area (Å²) < 4.78 is 0. The van der Waals surface area contributed by atoms with Crippen LogP contribution in [0.2, 0.25) is 0 Å². The van der Waals surface area contributed by atoms with E-state index in [0.29, 0.717) is 28.3 Å². The van der Waals surface area contributed by atoms with Gasteiger partial charge in [0.2, 0.25) is 0 Å². The number of halogens is 1. The molecule has 7 heteroatoms. The van der Waals surface area contributed by atoms with E-state index in [-0.39, 0.29) is 11.8 Å². The summed E-state index contributed by atoms with van der Waals surface area (Å²) in [5.41, 5.74) is 1.66. The van der Waals surface area contributed by atoms with Crippen LogP contribution in [-0.2, 0) is 16.0 Å². The maximum atomic E-state index is 12.3. The zero-order chi connectivity index (χ0) is 20.4. The fourth-order valence-corrected chi connectivity index (χ4v) is 3.32. The molecule has 0 aromatic carbocycles. The molecule has 0 aliphatic carbocycles. The lowest BCUT2D eigenvalue weighted by molar-refractivity contribution is -0.141. The molecule has 146 valence electrons. The average molecular weight is 409 g/mol. The summed E-state index contributed by atoms with van der Waals surface area (Å²) in [5.74, 6) is -1.55. The lowest BCUT2D eigenvalue weighted by Gasteiger charge is -2.14. The van der Waals surface area contributed by atoms with Gasteiger partial charge < -0.3 is 10.4 Å². The number of rotatable bonds is 11. The number of carboxylic acid groups (broad SMARTS) is 1. The first-order chi connectivity index (χ1) is 12.8. The molecule has 0 radical (unpaired) electrons. The molecule has 1 aromatic rings. The Kier molecular flexibility index (Phi) is 9.75. The van der Waals surface area contributed by atoms with Gasteiger partial charge in [-0.1, -0.05) is 37.8 Å². The van der Waals surface area contributed by atoms with Crippen LogP contribution in [0.25, 0.3) is 5.57 Å². The fourth-order valence-electron chi connectivity index (χ4n) is 2.17. The van der Waals surface area contributed by atoms with Gasteiger partial charge in [0.15, 0.2) is 0 Å². The Labute approximate surface area is 169 Å². The Morgan fingerprint density at radius 2 is 2.19 bits per heavy atom. The standard InChI is InChI=1S/C20H25ClN2O3S/c1-5-8-10-14(7-3)18(24)23-17(20(25)26)11-15-12-27-19(22-15)13(4)16(21)9-6-2/h6-8,10,12,16-17H,2,4-5,9,11H2,1,3H3,(H,23,24)(H,25,26)/b10-8-,14-7+. The molecule has 0 bridgehead atoms. The Morgan fingerprint density at radius 1 is 1.48 bits per heavy atom. The third kappa shape index (κ3) is 7.15. The largest absolute Gasteiger partial charge is 0.480 e. The van der Waals surface area contributed by atoms with Crippen LogP contribution in [0.15, 0.2) is 48.4 Å². The number of carbonyl (C=O) groups is 2. The van der Waals surface area contributed by atoms with Gasteiger partial charge in [0.25, 0.3) is 5.91 Å². The summed E-state index contributed by atoms with van der Waals surface area (Å²) in [6, 6.07) is -1.08. The first-order valence-corrected chi connectivity index (χ1v) is 9.90. The van der Waals surface area contributed by atoms with Gasteiger partial charge in [-0.05, 0) is 25.3 Å². The van der Waals surface area contributed by atoms with E-state index in [9.17, 15) is 14.7 Å². The smallest absolute Gasteiger partial charge is 0.326 e. The minimum atomic E-state index is -1.12. The molecule has 0 aliphatic heterocycles. The first-order valence-electron chi connectivity index (χ1n) is 8.59. The maximum absolute atomic E-state index is 12.3.